The molecule has 0 aliphatic carbocycles. The second-order valence-electron chi connectivity index (χ2n) is 8.63. The quantitative estimate of drug-likeness (QED) is 0.446. The number of anilines is 1. The van der Waals surface area contributed by atoms with Crippen LogP contribution in [0.1, 0.15) is 26.3 Å². The minimum absolute atomic E-state index is 0.129. The first-order valence-corrected chi connectivity index (χ1v) is 11.0. The molecule has 1 aromatic carbocycles. The number of nitrogens with one attached hydrogen (secondary N) is 2. The van der Waals surface area contributed by atoms with E-state index in [2.05, 4.69) is 10.6 Å². The average molecular weight is 490 g/mol. The number of benzene rings is 1. The molecule has 2 N–H and O–H groups in total. The number of nitro benzene ring substituents is 1. The fraction of sp³-hybridized carbons (Fsp3) is 0.364. The third-order valence-corrected chi connectivity index (χ3v) is 5.75. The first kappa shape index (κ1) is 26.5. The SMILES string of the molecule is CNC(=O)NC(=O)Cn1c(=O)/c(=C\c2ccc(N(C)C)c([N+](=O)[O-])c2)s/c1=C\C(=O)C(C)(C)C. The summed E-state index contributed by atoms with van der Waals surface area (Å²) in [6, 6.07) is 3.82. The van der Waals surface area contributed by atoms with Crippen molar-refractivity contribution in [3.8, 4) is 0 Å². The van der Waals surface area contributed by atoms with Gasteiger partial charge in [0.2, 0.25) is 5.91 Å². The summed E-state index contributed by atoms with van der Waals surface area (Å²) in [5.74, 6) is -0.999. The highest BCUT2D eigenvalue weighted by Gasteiger charge is 2.20. The normalized spacial score (nSPS) is 12.4. The summed E-state index contributed by atoms with van der Waals surface area (Å²) in [4.78, 5) is 61.9. The number of hydrogen-bond donors (Lipinski definition) is 2. The van der Waals surface area contributed by atoms with Crippen LogP contribution in [0.2, 0.25) is 0 Å². The van der Waals surface area contributed by atoms with Crippen LogP contribution in [0, 0.1) is 15.5 Å². The molecule has 3 amide bonds. The number of nitro groups is 1. The zero-order chi connectivity index (χ0) is 25.8. The van der Waals surface area contributed by atoms with Crippen LogP contribution in [0.5, 0.6) is 0 Å². The Labute approximate surface area is 199 Å². The Kier molecular flexibility index (Phi) is 8.11. The summed E-state index contributed by atoms with van der Waals surface area (Å²) in [5.41, 5.74) is -0.603. The number of amides is 3. The molecule has 34 heavy (non-hydrogen) atoms. The third kappa shape index (κ3) is 6.38. The van der Waals surface area contributed by atoms with E-state index in [1.54, 1.807) is 51.9 Å². The summed E-state index contributed by atoms with van der Waals surface area (Å²) >= 11 is 0.974. The van der Waals surface area contributed by atoms with Crippen LogP contribution in [-0.4, -0.2) is 48.4 Å². The molecule has 0 bridgehead atoms. The standard InChI is InChI=1S/C22H27N5O6S/c1-22(2,3)17(28)11-19-26(12-18(29)24-21(31)23-4)20(30)16(34-19)10-13-7-8-14(25(5)6)15(9-13)27(32)33/h7-11H,12H2,1-6H3,(H2,23,24,29,31)/b16-10+,19-11-. The highest BCUT2D eigenvalue weighted by molar-refractivity contribution is 7.07. The molecule has 12 heteroatoms. The van der Waals surface area contributed by atoms with E-state index >= 15 is 0 Å². The number of urea groups is 1. The van der Waals surface area contributed by atoms with Crippen molar-refractivity contribution in [1.82, 2.24) is 15.2 Å². The molecule has 0 saturated carbocycles. The lowest BCUT2D eigenvalue weighted by Crippen LogP contribution is -2.43. The molecular weight excluding hydrogens is 462 g/mol. The molecule has 0 aliphatic rings. The van der Waals surface area contributed by atoms with Gasteiger partial charge in [0.15, 0.2) is 5.78 Å². The number of thiazole rings is 1. The van der Waals surface area contributed by atoms with Gasteiger partial charge in [-0.25, -0.2) is 4.79 Å². The van der Waals surface area contributed by atoms with E-state index in [1.807, 2.05) is 0 Å². The molecular formula is C22H27N5O6S. The number of carbonyl (C=O) groups is 3. The van der Waals surface area contributed by atoms with E-state index in [0.717, 1.165) is 15.9 Å². The van der Waals surface area contributed by atoms with E-state index in [4.69, 9.17) is 0 Å². The maximum absolute atomic E-state index is 13.1. The number of Topliss-reactive ketones (excluding diaryl/α,β-unsaturated/α-hetero) is 1. The van der Waals surface area contributed by atoms with E-state index in [1.165, 1.54) is 25.3 Å². The predicted molar refractivity (Wildman–Crippen MR) is 130 cm³/mol. The molecule has 0 atom stereocenters. The van der Waals surface area contributed by atoms with Crippen LogP contribution < -0.4 is 30.3 Å². The lowest BCUT2D eigenvalue weighted by molar-refractivity contribution is -0.384. The van der Waals surface area contributed by atoms with Crippen LogP contribution in [0.4, 0.5) is 16.2 Å². The Morgan fingerprint density at radius 3 is 2.41 bits per heavy atom. The van der Waals surface area contributed by atoms with Gasteiger partial charge in [0.1, 0.15) is 16.9 Å². The van der Waals surface area contributed by atoms with Crippen molar-refractivity contribution < 1.29 is 19.3 Å². The Balaban J connectivity index is 2.69. The molecule has 2 rings (SSSR count). The molecule has 0 aliphatic heterocycles. The van der Waals surface area contributed by atoms with Crippen LogP contribution in [0.3, 0.4) is 0 Å². The number of ketones is 1. The number of rotatable bonds is 6. The molecule has 0 unspecified atom stereocenters. The Hall–Kier alpha value is -3.80. The number of imide groups is 1. The minimum Gasteiger partial charge on any atom is -0.372 e. The smallest absolute Gasteiger partial charge is 0.321 e. The molecule has 11 nitrogen and oxygen atoms in total. The molecule has 0 radical (unpaired) electrons. The van der Waals surface area contributed by atoms with Gasteiger partial charge in [-0.3, -0.25) is 34.4 Å². The van der Waals surface area contributed by atoms with Gasteiger partial charge in [0.05, 0.1) is 9.46 Å². The fourth-order valence-electron chi connectivity index (χ4n) is 2.80. The topological polar surface area (TPSA) is 144 Å². The fourth-order valence-corrected chi connectivity index (χ4v) is 3.84. The second kappa shape index (κ2) is 10.4. The predicted octanol–water partition coefficient (Wildman–Crippen LogP) is 0.564. The Morgan fingerprint density at radius 2 is 1.88 bits per heavy atom. The van der Waals surface area contributed by atoms with Crippen LogP contribution >= 0.6 is 11.3 Å². The van der Waals surface area contributed by atoms with Gasteiger partial charge in [0.25, 0.3) is 11.2 Å². The summed E-state index contributed by atoms with van der Waals surface area (Å²) in [5, 5.41) is 15.8. The monoisotopic (exact) mass is 489 g/mol. The van der Waals surface area contributed by atoms with Gasteiger partial charge in [-0.15, -0.1) is 11.3 Å². The molecule has 1 heterocycles. The highest BCUT2D eigenvalue weighted by atomic mass is 32.1. The zero-order valence-electron chi connectivity index (χ0n) is 19.8. The van der Waals surface area contributed by atoms with Crippen LogP contribution in [0.25, 0.3) is 12.2 Å². The number of carbonyl (C=O) groups excluding carboxylic acids is 3. The van der Waals surface area contributed by atoms with E-state index in [-0.39, 0.29) is 20.7 Å². The Morgan fingerprint density at radius 1 is 1.24 bits per heavy atom. The van der Waals surface area contributed by atoms with Gasteiger partial charge in [0, 0.05) is 38.7 Å². The first-order valence-electron chi connectivity index (χ1n) is 10.2. The van der Waals surface area contributed by atoms with Crippen molar-refractivity contribution in [2.75, 3.05) is 26.0 Å². The molecule has 0 saturated heterocycles. The van der Waals surface area contributed by atoms with Crippen molar-refractivity contribution in [1.29, 1.82) is 0 Å². The molecule has 2 aromatic rings. The first-order chi connectivity index (χ1) is 15.7. The number of nitrogens with zero attached hydrogens (tertiary/aromatic N) is 3. The largest absolute Gasteiger partial charge is 0.372 e. The minimum atomic E-state index is -0.741. The Bertz CT molecular complexity index is 1320. The maximum Gasteiger partial charge on any atom is 0.321 e. The van der Waals surface area contributed by atoms with Crippen molar-refractivity contribution >= 4 is 52.6 Å². The molecule has 1 aromatic heterocycles. The van der Waals surface area contributed by atoms with Crippen LogP contribution in [0.15, 0.2) is 23.0 Å². The van der Waals surface area contributed by atoms with Crippen molar-refractivity contribution in [2.24, 2.45) is 5.41 Å². The lowest BCUT2D eigenvalue weighted by atomic mass is 9.91. The van der Waals surface area contributed by atoms with Gasteiger partial charge in [-0.1, -0.05) is 26.8 Å². The summed E-state index contributed by atoms with van der Waals surface area (Å²) in [7, 11) is 4.71. The summed E-state index contributed by atoms with van der Waals surface area (Å²) < 4.78 is 1.50. The van der Waals surface area contributed by atoms with Gasteiger partial charge < -0.3 is 10.2 Å². The van der Waals surface area contributed by atoms with Crippen molar-refractivity contribution in [3.63, 3.8) is 0 Å². The second-order valence-corrected chi connectivity index (χ2v) is 9.69. The molecule has 0 fully saturated rings. The van der Waals surface area contributed by atoms with Crippen LogP contribution in [-0.2, 0) is 16.1 Å². The van der Waals surface area contributed by atoms with E-state index in [9.17, 15) is 29.3 Å². The lowest BCUT2D eigenvalue weighted by Gasteiger charge is -2.12. The molecule has 0 spiro atoms. The highest BCUT2D eigenvalue weighted by Crippen LogP contribution is 2.27. The average Bonchev–Trinajstić information content (AvgIpc) is 3.01. The van der Waals surface area contributed by atoms with E-state index in [0.29, 0.717) is 11.3 Å². The van der Waals surface area contributed by atoms with Crippen molar-refractivity contribution in [2.45, 2.75) is 27.3 Å². The van der Waals surface area contributed by atoms with Gasteiger partial charge >= 0.3 is 6.03 Å². The van der Waals surface area contributed by atoms with Gasteiger partial charge in [-0.05, 0) is 17.7 Å². The van der Waals surface area contributed by atoms with Gasteiger partial charge in [-0.2, -0.15) is 0 Å². The maximum atomic E-state index is 13.1. The molecule has 182 valence electrons. The van der Waals surface area contributed by atoms with E-state index < -0.39 is 34.4 Å². The number of hydrogen-bond acceptors (Lipinski definition) is 8. The summed E-state index contributed by atoms with van der Waals surface area (Å²) in [6.07, 6.45) is 2.75. The number of aromatic nitrogens is 1. The summed E-state index contributed by atoms with van der Waals surface area (Å²) in [6.45, 7) is 4.68. The third-order valence-electron chi connectivity index (χ3n) is 4.69. The van der Waals surface area contributed by atoms with Crippen molar-refractivity contribution in [3.05, 3.63) is 53.4 Å². The zero-order valence-corrected chi connectivity index (χ0v) is 20.6.